The zero-order valence-electron chi connectivity index (χ0n) is 14.7. The number of rotatable bonds is 5. The van der Waals surface area contributed by atoms with Gasteiger partial charge >= 0.3 is 0 Å². The number of piperidine rings is 1. The van der Waals surface area contributed by atoms with Crippen LogP contribution in [0.25, 0.3) is 0 Å². The molecule has 0 spiro atoms. The predicted molar refractivity (Wildman–Crippen MR) is 98.3 cm³/mol. The highest BCUT2D eigenvalue weighted by atomic mass is 35.5. The number of carbonyl (C=O) groups is 1. The van der Waals surface area contributed by atoms with Gasteiger partial charge < -0.3 is 10.6 Å². The number of nitrogens with zero attached hydrogens (tertiary/aromatic N) is 2. The average Bonchev–Trinajstić information content (AvgIpc) is 3.12. The van der Waals surface area contributed by atoms with Gasteiger partial charge in [0.05, 0.1) is 0 Å². The number of hydrogen-bond acceptors (Lipinski definition) is 3. The molecule has 1 amide bonds. The lowest BCUT2D eigenvalue weighted by Crippen LogP contribution is -2.56. The number of halogens is 1. The smallest absolute Gasteiger partial charge is 0.248 e. The molecule has 1 aromatic heterocycles. The first-order valence-corrected chi connectivity index (χ1v) is 9.26. The van der Waals surface area contributed by atoms with E-state index in [1.807, 2.05) is 16.9 Å². The molecule has 2 heterocycles. The standard InChI is InChI=1S/C18H30N4O.ClH/c1-2-4-15-5-7-16(8-6-15)21-17(23)18(9-12-19-13-10-18)22-14-3-11-20-22;/h3,11,14-16,19H,2,4-10,12-13H2,1H3,(H,21,23);1H. The molecule has 0 bridgehead atoms. The number of carbonyl (C=O) groups excluding carboxylic acids is 1. The highest BCUT2D eigenvalue weighted by molar-refractivity contribution is 5.85. The lowest BCUT2D eigenvalue weighted by Gasteiger charge is -2.38. The molecule has 5 nitrogen and oxygen atoms in total. The molecule has 0 unspecified atom stereocenters. The van der Waals surface area contributed by atoms with Gasteiger partial charge in [0.2, 0.25) is 5.91 Å². The highest BCUT2D eigenvalue weighted by Crippen LogP contribution is 2.30. The molecule has 1 saturated carbocycles. The molecule has 1 aliphatic carbocycles. The average molecular weight is 355 g/mol. The number of hydrogen-bond donors (Lipinski definition) is 2. The van der Waals surface area contributed by atoms with Gasteiger partial charge in [-0.1, -0.05) is 19.8 Å². The Balaban J connectivity index is 0.00000208. The van der Waals surface area contributed by atoms with Crippen LogP contribution in [0.1, 0.15) is 58.3 Å². The summed E-state index contributed by atoms with van der Waals surface area (Å²) < 4.78 is 1.88. The molecule has 3 rings (SSSR count). The number of amides is 1. The Morgan fingerprint density at radius 3 is 2.58 bits per heavy atom. The van der Waals surface area contributed by atoms with Crippen molar-refractivity contribution in [3.05, 3.63) is 18.5 Å². The van der Waals surface area contributed by atoms with Crippen LogP contribution in [0.4, 0.5) is 0 Å². The van der Waals surface area contributed by atoms with Gasteiger partial charge in [-0.05, 0) is 63.6 Å². The zero-order valence-corrected chi connectivity index (χ0v) is 15.5. The summed E-state index contributed by atoms with van der Waals surface area (Å²) in [5, 5.41) is 11.1. The SMILES string of the molecule is CCCC1CCC(NC(=O)C2(n3cccn3)CCNCC2)CC1.Cl. The third kappa shape index (κ3) is 4.12. The Morgan fingerprint density at radius 1 is 1.29 bits per heavy atom. The minimum atomic E-state index is -0.505. The van der Waals surface area contributed by atoms with Gasteiger partial charge in [-0.15, -0.1) is 12.4 Å². The fourth-order valence-electron chi connectivity index (χ4n) is 4.25. The summed E-state index contributed by atoms with van der Waals surface area (Å²) in [5.41, 5.74) is -0.505. The van der Waals surface area contributed by atoms with Crippen LogP contribution in [0.2, 0.25) is 0 Å². The Kier molecular flexibility index (Phi) is 7.11. The van der Waals surface area contributed by atoms with E-state index in [0.29, 0.717) is 6.04 Å². The van der Waals surface area contributed by atoms with E-state index in [-0.39, 0.29) is 18.3 Å². The molecule has 0 aromatic carbocycles. The summed E-state index contributed by atoms with van der Waals surface area (Å²) in [6.07, 6.45) is 12.7. The second-order valence-corrected chi connectivity index (χ2v) is 7.21. The zero-order chi connectivity index (χ0) is 16.1. The van der Waals surface area contributed by atoms with Crippen LogP contribution in [0, 0.1) is 5.92 Å². The van der Waals surface area contributed by atoms with E-state index in [1.54, 1.807) is 6.20 Å². The van der Waals surface area contributed by atoms with Crippen molar-refractivity contribution in [3.8, 4) is 0 Å². The van der Waals surface area contributed by atoms with Crippen molar-refractivity contribution >= 4 is 18.3 Å². The molecule has 1 aromatic rings. The molecule has 0 radical (unpaired) electrons. The summed E-state index contributed by atoms with van der Waals surface area (Å²) in [4.78, 5) is 13.1. The normalized spacial score (nSPS) is 26.4. The molecular formula is C18H31ClN4O. The molecule has 2 aliphatic rings. The van der Waals surface area contributed by atoms with Crippen molar-refractivity contribution in [2.45, 2.75) is 69.9 Å². The molecule has 1 saturated heterocycles. The maximum absolute atomic E-state index is 13.1. The van der Waals surface area contributed by atoms with Crippen LogP contribution in [0.15, 0.2) is 18.5 Å². The van der Waals surface area contributed by atoms with Crippen LogP contribution in [0.3, 0.4) is 0 Å². The van der Waals surface area contributed by atoms with Crippen molar-refractivity contribution in [2.24, 2.45) is 5.92 Å². The van der Waals surface area contributed by atoms with E-state index in [4.69, 9.17) is 0 Å². The Hall–Kier alpha value is -1.07. The lowest BCUT2D eigenvalue weighted by molar-refractivity contribution is -0.133. The molecule has 2 fully saturated rings. The van der Waals surface area contributed by atoms with Crippen molar-refractivity contribution in [2.75, 3.05) is 13.1 Å². The van der Waals surface area contributed by atoms with Gasteiger partial charge in [-0.25, -0.2) is 0 Å². The van der Waals surface area contributed by atoms with Gasteiger partial charge in [0, 0.05) is 18.4 Å². The summed E-state index contributed by atoms with van der Waals surface area (Å²) in [6, 6.07) is 2.26. The van der Waals surface area contributed by atoms with Crippen molar-refractivity contribution in [1.29, 1.82) is 0 Å². The fraction of sp³-hybridized carbons (Fsp3) is 0.778. The summed E-state index contributed by atoms with van der Waals surface area (Å²) in [6.45, 7) is 4.01. The minimum Gasteiger partial charge on any atom is -0.351 e. The third-order valence-corrected chi connectivity index (χ3v) is 5.68. The summed E-state index contributed by atoms with van der Waals surface area (Å²) >= 11 is 0. The van der Waals surface area contributed by atoms with E-state index in [9.17, 15) is 4.79 Å². The molecule has 1 aliphatic heterocycles. The van der Waals surface area contributed by atoms with Gasteiger partial charge in [0.1, 0.15) is 5.54 Å². The van der Waals surface area contributed by atoms with Crippen LogP contribution >= 0.6 is 12.4 Å². The first kappa shape index (κ1) is 19.3. The fourth-order valence-corrected chi connectivity index (χ4v) is 4.25. The van der Waals surface area contributed by atoms with E-state index < -0.39 is 5.54 Å². The van der Waals surface area contributed by atoms with Crippen molar-refractivity contribution in [1.82, 2.24) is 20.4 Å². The molecule has 24 heavy (non-hydrogen) atoms. The van der Waals surface area contributed by atoms with E-state index in [2.05, 4.69) is 22.7 Å². The van der Waals surface area contributed by atoms with Crippen molar-refractivity contribution in [3.63, 3.8) is 0 Å². The number of aromatic nitrogens is 2. The van der Waals surface area contributed by atoms with Crippen molar-refractivity contribution < 1.29 is 4.79 Å². The topological polar surface area (TPSA) is 59.0 Å². The third-order valence-electron chi connectivity index (χ3n) is 5.68. The largest absolute Gasteiger partial charge is 0.351 e. The molecule has 0 atom stereocenters. The van der Waals surface area contributed by atoms with Crippen LogP contribution in [0.5, 0.6) is 0 Å². The van der Waals surface area contributed by atoms with Gasteiger partial charge in [0.15, 0.2) is 0 Å². The molecule has 6 heteroatoms. The van der Waals surface area contributed by atoms with E-state index in [0.717, 1.165) is 44.7 Å². The van der Waals surface area contributed by atoms with Crippen LogP contribution < -0.4 is 10.6 Å². The van der Waals surface area contributed by atoms with Gasteiger partial charge in [-0.2, -0.15) is 5.10 Å². The molecule has 2 N–H and O–H groups in total. The number of nitrogens with one attached hydrogen (secondary N) is 2. The highest BCUT2D eigenvalue weighted by Gasteiger charge is 2.42. The maximum Gasteiger partial charge on any atom is 0.248 e. The summed E-state index contributed by atoms with van der Waals surface area (Å²) in [7, 11) is 0. The van der Waals surface area contributed by atoms with E-state index in [1.165, 1.54) is 25.7 Å². The second kappa shape index (κ2) is 8.86. The second-order valence-electron chi connectivity index (χ2n) is 7.21. The minimum absolute atomic E-state index is 0. The lowest BCUT2D eigenvalue weighted by atomic mass is 9.82. The first-order chi connectivity index (χ1) is 11.2. The first-order valence-electron chi connectivity index (χ1n) is 9.26. The van der Waals surface area contributed by atoms with Gasteiger partial charge in [-0.3, -0.25) is 9.48 Å². The van der Waals surface area contributed by atoms with E-state index >= 15 is 0 Å². The molecular weight excluding hydrogens is 324 g/mol. The Labute approximate surface area is 151 Å². The predicted octanol–water partition coefficient (Wildman–Crippen LogP) is 2.86. The Bertz CT molecular complexity index is 491. The maximum atomic E-state index is 13.1. The van der Waals surface area contributed by atoms with Crippen LogP contribution in [-0.4, -0.2) is 34.8 Å². The quantitative estimate of drug-likeness (QED) is 0.854. The monoisotopic (exact) mass is 354 g/mol. The Morgan fingerprint density at radius 2 is 2.00 bits per heavy atom. The van der Waals surface area contributed by atoms with Gasteiger partial charge in [0.25, 0.3) is 0 Å². The summed E-state index contributed by atoms with van der Waals surface area (Å²) in [5.74, 6) is 1.04. The van der Waals surface area contributed by atoms with Crippen LogP contribution in [-0.2, 0) is 10.3 Å². The molecule has 136 valence electrons.